The fourth-order valence-corrected chi connectivity index (χ4v) is 3.39. The van der Waals surface area contributed by atoms with E-state index in [2.05, 4.69) is 29.2 Å². The van der Waals surface area contributed by atoms with Gasteiger partial charge in [-0.1, -0.05) is 24.3 Å². The van der Waals surface area contributed by atoms with Crippen molar-refractivity contribution in [2.75, 3.05) is 26.2 Å². The van der Waals surface area contributed by atoms with Gasteiger partial charge in [-0.3, -0.25) is 4.90 Å². The number of piperidine rings is 1. The fraction of sp³-hybridized carbons (Fsp3) is 0.429. The van der Waals surface area contributed by atoms with Crippen molar-refractivity contribution in [3.05, 3.63) is 59.7 Å². The maximum atomic E-state index is 9.27. The lowest BCUT2D eigenvalue weighted by atomic mass is 9.90. The van der Waals surface area contributed by atoms with Gasteiger partial charge in [-0.2, -0.15) is 0 Å². The van der Waals surface area contributed by atoms with Crippen molar-refractivity contribution in [2.45, 2.75) is 25.8 Å². The molecule has 25 heavy (non-hydrogen) atoms. The molecule has 0 saturated carbocycles. The molecule has 0 amide bonds. The number of hydrogen-bond donors (Lipinski definition) is 2. The molecule has 2 aromatic rings. The van der Waals surface area contributed by atoms with E-state index in [-0.39, 0.29) is 5.75 Å². The normalized spacial score (nSPS) is 16.0. The van der Waals surface area contributed by atoms with Crippen LogP contribution in [0.2, 0.25) is 0 Å². The lowest BCUT2D eigenvalue weighted by Gasteiger charge is -2.32. The molecule has 0 aliphatic carbocycles. The number of hydrogen-bond acceptors (Lipinski definition) is 4. The van der Waals surface area contributed by atoms with E-state index < -0.39 is 0 Å². The Hall–Kier alpha value is -2.04. The first-order valence-corrected chi connectivity index (χ1v) is 9.15. The summed E-state index contributed by atoms with van der Waals surface area (Å²) >= 11 is 0. The number of nitrogens with two attached hydrogens (primary N) is 1. The van der Waals surface area contributed by atoms with Crippen LogP contribution in [0.25, 0.3) is 0 Å². The molecule has 3 rings (SSSR count). The topological polar surface area (TPSA) is 58.7 Å². The quantitative estimate of drug-likeness (QED) is 0.813. The summed E-state index contributed by atoms with van der Waals surface area (Å²) in [5.41, 5.74) is 8.28. The number of likely N-dealkylation sites (tertiary alicyclic amines) is 1. The Bertz CT molecular complexity index is 632. The molecule has 1 aliphatic rings. The molecule has 2 aromatic carbocycles. The number of nitrogens with zero attached hydrogens (tertiary/aromatic N) is 1. The first-order chi connectivity index (χ1) is 12.2. The highest BCUT2D eigenvalue weighted by atomic mass is 16.5. The van der Waals surface area contributed by atoms with E-state index in [9.17, 15) is 5.11 Å². The second kappa shape index (κ2) is 8.88. The second-order valence-corrected chi connectivity index (χ2v) is 6.85. The maximum Gasteiger partial charge on any atom is 0.119 e. The molecule has 0 aromatic heterocycles. The SMILES string of the molecule is NCc1ccc(CC2CCN(CCOc3ccc(O)cc3)CC2)cc1. The number of benzene rings is 2. The molecule has 0 atom stereocenters. The zero-order chi connectivity index (χ0) is 17.5. The van der Waals surface area contributed by atoms with Crippen LogP contribution in [0, 0.1) is 5.92 Å². The average Bonchev–Trinajstić information content (AvgIpc) is 2.65. The van der Waals surface area contributed by atoms with Gasteiger partial charge in [0.05, 0.1) is 0 Å². The molecule has 1 fully saturated rings. The van der Waals surface area contributed by atoms with Gasteiger partial charge in [0.15, 0.2) is 0 Å². The summed E-state index contributed by atoms with van der Waals surface area (Å²) in [5.74, 6) is 1.86. The highest BCUT2D eigenvalue weighted by molar-refractivity contribution is 5.30. The van der Waals surface area contributed by atoms with Gasteiger partial charge >= 0.3 is 0 Å². The number of phenolic OH excluding ortho intramolecular Hbond substituents is 1. The van der Waals surface area contributed by atoms with Crippen molar-refractivity contribution >= 4 is 0 Å². The molecule has 0 spiro atoms. The van der Waals surface area contributed by atoms with Gasteiger partial charge in [-0.05, 0) is 73.7 Å². The van der Waals surface area contributed by atoms with Gasteiger partial charge in [-0.15, -0.1) is 0 Å². The van der Waals surface area contributed by atoms with Gasteiger partial charge in [-0.25, -0.2) is 0 Å². The second-order valence-electron chi connectivity index (χ2n) is 6.85. The van der Waals surface area contributed by atoms with Crippen molar-refractivity contribution in [1.82, 2.24) is 4.90 Å². The van der Waals surface area contributed by atoms with Crippen molar-refractivity contribution < 1.29 is 9.84 Å². The van der Waals surface area contributed by atoms with Crippen LogP contribution in [-0.2, 0) is 13.0 Å². The van der Waals surface area contributed by atoms with Crippen LogP contribution in [-0.4, -0.2) is 36.2 Å². The third kappa shape index (κ3) is 5.48. The fourth-order valence-electron chi connectivity index (χ4n) is 3.39. The first-order valence-electron chi connectivity index (χ1n) is 9.15. The van der Waals surface area contributed by atoms with E-state index in [1.54, 1.807) is 24.3 Å². The maximum absolute atomic E-state index is 9.27. The van der Waals surface area contributed by atoms with Crippen LogP contribution < -0.4 is 10.5 Å². The summed E-state index contributed by atoms with van der Waals surface area (Å²) in [4.78, 5) is 2.48. The first kappa shape index (κ1) is 17.8. The van der Waals surface area contributed by atoms with Crippen LogP contribution in [0.5, 0.6) is 11.5 Å². The van der Waals surface area contributed by atoms with Gasteiger partial charge < -0.3 is 15.6 Å². The van der Waals surface area contributed by atoms with Gasteiger partial charge in [0.1, 0.15) is 18.1 Å². The predicted octanol–water partition coefficient (Wildman–Crippen LogP) is 3.18. The Kier molecular flexibility index (Phi) is 6.31. The van der Waals surface area contributed by atoms with E-state index in [0.717, 1.165) is 31.3 Å². The largest absolute Gasteiger partial charge is 0.508 e. The summed E-state index contributed by atoms with van der Waals surface area (Å²) in [6.45, 7) is 4.55. The monoisotopic (exact) mass is 340 g/mol. The standard InChI is InChI=1S/C21H28N2O2/c22-16-19-3-1-17(2-4-19)15-18-9-11-23(12-10-18)13-14-25-21-7-5-20(24)6-8-21/h1-8,18,24H,9-16,22H2. The Morgan fingerprint density at radius 3 is 2.24 bits per heavy atom. The smallest absolute Gasteiger partial charge is 0.119 e. The van der Waals surface area contributed by atoms with Crippen LogP contribution >= 0.6 is 0 Å². The highest BCUT2D eigenvalue weighted by Gasteiger charge is 2.19. The van der Waals surface area contributed by atoms with E-state index in [0.29, 0.717) is 13.2 Å². The van der Waals surface area contributed by atoms with Crippen molar-refractivity contribution in [3.63, 3.8) is 0 Å². The zero-order valence-corrected chi connectivity index (χ0v) is 14.7. The summed E-state index contributed by atoms with van der Waals surface area (Å²) < 4.78 is 5.75. The van der Waals surface area contributed by atoms with Crippen LogP contribution in [0.15, 0.2) is 48.5 Å². The molecule has 134 valence electrons. The van der Waals surface area contributed by atoms with E-state index in [1.165, 1.54) is 30.4 Å². The summed E-state index contributed by atoms with van der Waals surface area (Å²) in [6, 6.07) is 15.6. The Morgan fingerprint density at radius 2 is 1.60 bits per heavy atom. The molecule has 1 aliphatic heterocycles. The number of phenols is 1. The molecule has 4 heteroatoms. The lowest BCUT2D eigenvalue weighted by molar-refractivity contribution is 0.155. The molecule has 1 saturated heterocycles. The minimum Gasteiger partial charge on any atom is -0.508 e. The van der Waals surface area contributed by atoms with E-state index in [1.807, 2.05) is 0 Å². The van der Waals surface area contributed by atoms with Crippen LogP contribution in [0.3, 0.4) is 0 Å². The molecule has 0 radical (unpaired) electrons. The summed E-state index contributed by atoms with van der Waals surface area (Å²) in [7, 11) is 0. The number of aromatic hydroxyl groups is 1. The van der Waals surface area contributed by atoms with Crippen molar-refractivity contribution in [3.8, 4) is 11.5 Å². The minimum absolute atomic E-state index is 0.270. The van der Waals surface area contributed by atoms with E-state index in [4.69, 9.17) is 10.5 Å². The lowest BCUT2D eigenvalue weighted by Crippen LogP contribution is -2.37. The Morgan fingerprint density at radius 1 is 0.960 bits per heavy atom. The Balaban J connectivity index is 1.36. The molecule has 0 bridgehead atoms. The third-order valence-electron chi connectivity index (χ3n) is 5.00. The third-order valence-corrected chi connectivity index (χ3v) is 5.00. The van der Waals surface area contributed by atoms with Crippen LogP contribution in [0.1, 0.15) is 24.0 Å². The molecule has 0 unspecified atom stereocenters. The van der Waals surface area contributed by atoms with Gasteiger partial charge in [0.25, 0.3) is 0 Å². The van der Waals surface area contributed by atoms with Gasteiger partial charge in [0, 0.05) is 13.1 Å². The van der Waals surface area contributed by atoms with Crippen LogP contribution in [0.4, 0.5) is 0 Å². The predicted molar refractivity (Wildman–Crippen MR) is 101 cm³/mol. The van der Waals surface area contributed by atoms with E-state index >= 15 is 0 Å². The molecular formula is C21H28N2O2. The zero-order valence-electron chi connectivity index (χ0n) is 14.7. The summed E-state index contributed by atoms with van der Waals surface area (Å²) in [5, 5.41) is 9.27. The molecular weight excluding hydrogens is 312 g/mol. The Labute approximate surface area is 150 Å². The van der Waals surface area contributed by atoms with Crippen molar-refractivity contribution in [1.29, 1.82) is 0 Å². The number of ether oxygens (including phenoxy) is 1. The molecule has 1 heterocycles. The summed E-state index contributed by atoms with van der Waals surface area (Å²) in [6.07, 6.45) is 3.67. The van der Waals surface area contributed by atoms with Gasteiger partial charge in [0.2, 0.25) is 0 Å². The molecule has 4 nitrogen and oxygen atoms in total. The van der Waals surface area contributed by atoms with Crippen molar-refractivity contribution in [2.24, 2.45) is 11.7 Å². The highest BCUT2D eigenvalue weighted by Crippen LogP contribution is 2.22. The minimum atomic E-state index is 0.270. The number of rotatable bonds is 7. The average molecular weight is 340 g/mol. The molecule has 3 N–H and O–H groups in total.